The van der Waals surface area contributed by atoms with E-state index in [-0.39, 0.29) is 17.3 Å². The molecule has 0 saturated heterocycles. The maximum absolute atomic E-state index is 13.4. The molecule has 3 aromatic carbocycles. The first-order valence-corrected chi connectivity index (χ1v) is 9.04. The molecule has 5 heteroatoms. The van der Waals surface area contributed by atoms with Gasteiger partial charge in [0.1, 0.15) is 17.3 Å². The fourth-order valence-electron chi connectivity index (χ4n) is 3.25. The molecule has 1 aliphatic heterocycles. The van der Waals surface area contributed by atoms with Gasteiger partial charge in [0.15, 0.2) is 5.76 Å². The molecular formula is C24H17FO4. The number of allylic oxidation sites excluding steroid dienone is 1. The van der Waals surface area contributed by atoms with Crippen LogP contribution in [-0.4, -0.2) is 11.8 Å². The molecule has 0 fully saturated rings. The summed E-state index contributed by atoms with van der Waals surface area (Å²) < 4.78 is 24.6. The second-order valence-corrected chi connectivity index (χ2v) is 6.81. The zero-order valence-electron chi connectivity index (χ0n) is 15.9. The topological polar surface area (TPSA) is 52.6 Å². The highest BCUT2D eigenvalue weighted by Crippen LogP contribution is 2.37. The van der Waals surface area contributed by atoms with Crippen LogP contribution in [0.1, 0.15) is 37.4 Å². The number of carbonyl (C=O) groups is 2. The first kappa shape index (κ1) is 18.6. The molecule has 0 radical (unpaired) electrons. The molecule has 144 valence electrons. The number of halogens is 1. The average Bonchev–Trinajstić information content (AvgIpc) is 2.97. The van der Waals surface area contributed by atoms with Crippen LogP contribution >= 0.6 is 0 Å². The molecule has 4 rings (SSSR count). The summed E-state index contributed by atoms with van der Waals surface area (Å²) in [4.78, 5) is 25.2. The van der Waals surface area contributed by atoms with E-state index in [4.69, 9.17) is 9.47 Å². The number of benzene rings is 3. The number of ether oxygens (including phenoxy) is 2. The molecule has 0 aromatic heterocycles. The summed E-state index contributed by atoms with van der Waals surface area (Å²) in [5, 5.41) is 0. The van der Waals surface area contributed by atoms with Crippen LogP contribution in [0, 0.1) is 19.7 Å². The number of esters is 1. The van der Waals surface area contributed by atoms with Crippen molar-refractivity contribution in [2.45, 2.75) is 13.8 Å². The molecular weight excluding hydrogens is 371 g/mol. The van der Waals surface area contributed by atoms with Crippen molar-refractivity contribution in [3.05, 3.63) is 100 Å². The molecule has 0 saturated carbocycles. The summed E-state index contributed by atoms with van der Waals surface area (Å²) >= 11 is 0. The molecule has 4 nitrogen and oxygen atoms in total. The van der Waals surface area contributed by atoms with E-state index in [1.165, 1.54) is 24.3 Å². The van der Waals surface area contributed by atoms with E-state index in [2.05, 4.69) is 0 Å². The van der Waals surface area contributed by atoms with Crippen LogP contribution in [0.4, 0.5) is 4.39 Å². The lowest BCUT2D eigenvalue weighted by Gasteiger charge is -2.09. The predicted molar refractivity (Wildman–Crippen MR) is 107 cm³/mol. The fourth-order valence-corrected chi connectivity index (χ4v) is 3.25. The van der Waals surface area contributed by atoms with Gasteiger partial charge in [-0.05, 0) is 60.9 Å². The maximum Gasteiger partial charge on any atom is 0.343 e. The molecule has 1 aliphatic rings. The Morgan fingerprint density at radius 1 is 1.00 bits per heavy atom. The van der Waals surface area contributed by atoms with Crippen LogP contribution < -0.4 is 9.47 Å². The van der Waals surface area contributed by atoms with Crippen molar-refractivity contribution in [1.29, 1.82) is 0 Å². The standard InChI is InChI=1S/C24H17FO4/c1-14-6-3-4-9-19(14)24(27)28-18-10-15(2)22-20(13-18)29-21(23(22)26)12-16-7-5-8-17(25)11-16/h3-13H,1-2H3/b21-12-. The molecule has 0 unspecified atom stereocenters. The number of ketones is 1. The lowest BCUT2D eigenvalue weighted by molar-refractivity contribution is 0.0733. The first-order valence-electron chi connectivity index (χ1n) is 9.04. The zero-order valence-corrected chi connectivity index (χ0v) is 15.9. The van der Waals surface area contributed by atoms with Crippen molar-refractivity contribution in [2.24, 2.45) is 0 Å². The molecule has 1 heterocycles. The summed E-state index contributed by atoms with van der Waals surface area (Å²) in [5.74, 6) is -0.486. The van der Waals surface area contributed by atoms with E-state index in [1.54, 1.807) is 37.3 Å². The minimum atomic E-state index is -0.484. The van der Waals surface area contributed by atoms with Crippen LogP contribution in [0.15, 0.2) is 66.4 Å². The summed E-state index contributed by atoms with van der Waals surface area (Å²) in [6.45, 7) is 3.58. The van der Waals surface area contributed by atoms with Crippen molar-refractivity contribution in [3.63, 3.8) is 0 Å². The highest BCUT2D eigenvalue weighted by molar-refractivity contribution is 6.15. The Labute approximate surface area is 167 Å². The molecule has 29 heavy (non-hydrogen) atoms. The summed E-state index contributed by atoms with van der Waals surface area (Å²) in [7, 11) is 0. The molecule has 0 bridgehead atoms. The number of hydrogen-bond acceptors (Lipinski definition) is 4. The van der Waals surface area contributed by atoms with E-state index in [9.17, 15) is 14.0 Å². The summed E-state index contributed by atoms with van der Waals surface area (Å²) in [6, 6.07) is 16.2. The second-order valence-electron chi connectivity index (χ2n) is 6.81. The third kappa shape index (κ3) is 3.67. The van der Waals surface area contributed by atoms with Crippen LogP contribution in [0.3, 0.4) is 0 Å². The molecule has 0 aliphatic carbocycles. The minimum absolute atomic E-state index is 0.0936. The number of carbonyl (C=O) groups excluding carboxylic acids is 2. The third-order valence-electron chi connectivity index (χ3n) is 4.67. The van der Waals surface area contributed by atoms with Gasteiger partial charge in [0.25, 0.3) is 0 Å². The minimum Gasteiger partial charge on any atom is -0.452 e. The van der Waals surface area contributed by atoms with E-state index < -0.39 is 11.8 Å². The van der Waals surface area contributed by atoms with Gasteiger partial charge >= 0.3 is 5.97 Å². The highest BCUT2D eigenvalue weighted by Gasteiger charge is 2.30. The maximum atomic E-state index is 13.4. The van der Waals surface area contributed by atoms with Crippen molar-refractivity contribution < 1.29 is 23.5 Å². The molecule has 0 atom stereocenters. The lowest BCUT2D eigenvalue weighted by atomic mass is 10.0. The van der Waals surface area contributed by atoms with E-state index in [0.29, 0.717) is 28.0 Å². The van der Waals surface area contributed by atoms with E-state index in [1.807, 2.05) is 19.1 Å². The number of fused-ring (bicyclic) bond motifs is 1. The predicted octanol–water partition coefficient (Wildman–Crippen LogP) is 5.28. The quantitative estimate of drug-likeness (QED) is 0.348. The van der Waals surface area contributed by atoms with Gasteiger partial charge in [-0.25, -0.2) is 9.18 Å². The van der Waals surface area contributed by atoms with Gasteiger partial charge < -0.3 is 9.47 Å². The van der Waals surface area contributed by atoms with Crippen LogP contribution in [0.25, 0.3) is 6.08 Å². The molecule has 0 N–H and O–H groups in total. The second kappa shape index (κ2) is 7.36. The van der Waals surface area contributed by atoms with Crippen molar-refractivity contribution in [3.8, 4) is 11.5 Å². The molecule has 0 spiro atoms. The van der Waals surface area contributed by atoms with Gasteiger partial charge in [0.05, 0.1) is 11.1 Å². The van der Waals surface area contributed by atoms with Gasteiger partial charge in [-0.3, -0.25) is 4.79 Å². The van der Waals surface area contributed by atoms with Gasteiger partial charge in [0.2, 0.25) is 5.78 Å². The smallest absolute Gasteiger partial charge is 0.343 e. The Morgan fingerprint density at radius 3 is 2.55 bits per heavy atom. The Kier molecular flexibility index (Phi) is 4.72. The Hall–Kier alpha value is -3.73. The average molecular weight is 388 g/mol. The normalized spacial score (nSPS) is 13.9. The molecule has 3 aromatic rings. The fraction of sp³-hybridized carbons (Fsp3) is 0.0833. The number of Topliss-reactive ketones (excluding diaryl/α,β-unsaturated/α-hetero) is 1. The third-order valence-corrected chi connectivity index (χ3v) is 4.67. The number of aryl methyl sites for hydroxylation is 2. The monoisotopic (exact) mass is 388 g/mol. The molecule has 0 amide bonds. The van der Waals surface area contributed by atoms with Gasteiger partial charge in [-0.2, -0.15) is 0 Å². The number of rotatable bonds is 3. The summed E-state index contributed by atoms with van der Waals surface area (Å²) in [5.41, 5.74) is 2.83. The van der Waals surface area contributed by atoms with Gasteiger partial charge in [-0.1, -0.05) is 30.3 Å². The Bertz CT molecular complexity index is 1180. The van der Waals surface area contributed by atoms with Crippen LogP contribution in [-0.2, 0) is 0 Å². The van der Waals surface area contributed by atoms with Gasteiger partial charge in [0, 0.05) is 6.07 Å². The van der Waals surface area contributed by atoms with Gasteiger partial charge in [-0.15, -0.1) is 0 Å². The Morgan fingerprint density at radius 2 is 1.79 bits per heavy atom. The SMILES string of the molecule is Cc1ccccc1C(=O)Oc1cc(C)c2c(c1)O/C(=C\c1cccc(F)c1)C2=O. The highest BCUT2D eigenvalue weighted by atomic mass is 19.1. The number of hydrogen-bond donors (Lipinski definition) is 0. The van der Waals surface area contributed by atoms with Crippen LogP contribution in [0.2, 0.25) is 0 Å². The van der Waals surface area contributed by atoms with Crippen molar-refractivity contribution >= 4 is 17.8 Å². The van der Waals surface area contributed by atoms with Crippen molar-refractivity contribution in [2.75, 3.05) is 0 Å². The van der Waals surface area contributed by atoms with E-state index in [0.717, 1.165) is 5.56 Å². The largest absolute Gasteiger partial charge is 0.452 e. The first-order chi connectivity index (χ1) is 13.9. The van der Waals surface area contributed by atoms with Crippen molar-refractivity contribution in [1.82, 2.24) is 0 Å². The lowest BCUT2D eigenvalue weighted by Crippen LogP contribution is -2.10. The summed E-state index contributed by atoms with van der Waals surface area (Å²) in [6.07, 6.45) is 1.49. The Balaban J connectivity index is 1.63. The van der Waals surface area contributed by atoms with E-state index >= 15 is 0 Å². The van der Waals surface area contributed by atoms with Crippen LogP contribution in [0.5, 0.6) is 11.5 Å². The zero-order chi connectivity index (χ0) is 20.5.